The minimum absolute atomic E-state index is 0.0362. The minimum atomic E-state index is -0.0362. The normalized spacial score (nSPS) is 20.2. The molecule has 1 amide bonds. The summed E-state index contributed by atoms with van der Waals surface area (Å²) < 4.78 is 5.65. The van der Waals surface area contributed by atoms with Crippen LogP contribution < -0.4 is 11.1 Å². The first-order valence-electron chi connectivity index (χ1n) is 6.96. The van der Waals surface area contributed by atoms with Crippen LogP contribution in [0.25, 0.3) is 0 Å². The molecule has 0 saturated carbocycles. The topological polar surface area (TPSA) is 64.4 Å². The van der Waals surface area contributed by atoms with E-state index in [2.05, 4.69) is 12.2 Å². The largest absolute Gasteiger partial charge is 0.376 e. The second-order valence-corrected chi connectivity index (χ2v) is 4.94. The number of ether oxygens (including phenoxy) is 1. The fraction of sp³-hybridized carbons (Fsp3) is 0.533. The van der Waals surface area contributed by atoms with Gasteiger partial charge in [-0.1, -0.05) is 19.1 Å². The second kappa shape index (κ2) is 6.68. The van der Waals surface area contributed by atoms with Gasteiger partial charge in [-0.15, -0.1) is 0 Å². The highest BCUT2D eigenvalue weighted by Crippen LogP contribution is 2.18. The van der Waals surface area contributed by atoms with Crippen LogP contribution in [0.5, 0.6) is 0 Å². The maximum atomic E-state index is 12.2. The number of nitrogens with two attached hydrogens (primary N) is 1. The van der Waals surface area contributed by atoms with Gasteiger partial charge in [0.15, 0.2) is 0 Å². The molecule has 1 aromatic carbocycles. The Morgan fingerprint density at radius 3 is 2.74 bits per heavy atom. The molecule has 0 aliphatic carbocycles. The number of rotatable bonds is 5. The van der Waals surface area contributed by atoms with Crippen LogP contribution in [0.1, 0.15) is 42.1 Å². The Hall–Kier alpha value is -1.39. The summed E-state index contributed by atoms with van der Waals surface area (Å²) in [6.07, 6.45) is 3.17. The molecule has 1 aliphatic rings. The van der Waals surface area contributed by atoms with E-state index in [1.165, 1.54) is 0 Å². The van der Waals surface area contributed by atoms with Gasteiger partial charge >= 0.3 is 0 Å². The average molecular weight is 262 g/mol. The highest BCUT2D eigenvalue weighted by atomic mass is 16.5. The van der Waals surface area contributed by atoms with Crippen LogP contribution in [0.2, 0.25) is 0 Å². The number of amides is 1. The standard InChI is InChI=1S/C15H22N2O2/c1-2-13(14-4-3-9-19-14)17-15(18)12-7-5-11(10-16)6-8-12/h5-8,13-14H,2-4,9-10,16H2,1H3,(H,17,18). The van der Waals surface area contributed by atoms with Crippen LogP contribution >= 0.6 is 0 Å². The molecule has 19 heavy (non-hydrogen) atoms. The Balaban J connectivity index is 1.97. The quantitative estimate of drug-likeness (QED) is 0.851. The molecular formula is C15H22N2O2. The summed E-state index contributed by atoms with van der Waals surface area (Å²) in [6, 6.07) is 7.52. The third-order valence-electron chi connectivity index (χ3n) is 3.62. The number of hydrogen-bond acceptors (Lipinski definition) is 3. The third-order valence-corrected chi connectivity index (χ3v) is 3.62. The van der Waals surface area contributed by atoms with Gasteiger partial charge in [-0.3, -0.25) is 4.79 Å². The summed E-state index contributed by atoms with van der Waals surface area (Å²) >= 11 is 0. The molecule has 2 unspecified atom stereocenters. The van der Waals surface area contributed by atoms with Gasteiger partial charge in [0.05, 0.1) is 12.1 Å². The van der Waals surface area contributed by atoms with E-state index < -0.39 is 0 Å². The molecule has 4 heteroatoms. The molecule has 1 aliphatic heterocycles. The highest BCUT2D eigenvalue weighted by Gasteiger charge is 2.26. The van der Waals surface area contributed by atoms with Crippen LogP contribution in [0.3, 0.4) is 0 Å². The summed E-state index contributed by atoms with van der Waals surface area (Å²) in [5.41, 5.74) is 7.25. The number of hydrogen-bond donors (Lipinski definition) is 2. The fourth-order valence-corrected chi connectivity index (χ4v) is 2.42. The van der Waals surface area contributed by atoms with Crippen molar-refractivity contribution in [3.8, 4) is 0 Å². The summed E-state index contributed by atoms with van der Waals surface area (Å²) in [6.45, 7) is 3.38. The number of nitrogens with one attached hydrogen (secondary N) is 1. The van der Waals surface area contributed by atoms with Crippen LogP contribution in [0.4, 0.5) is 0 Å². The highest BCUT2D eigenvalue weighted by molar-refractivity contribution is 5.94. The molecule has 1 fully saturated rings. The van der Waals surface area contributed by atoms with Crippen molar-refractivity contribution in [2.75, 3.05) is 6.61 Å². The summed E-state index contributed by atoms with van der Waals surface area (Å²) in [4.78, 5) is 12.2. The predicted molar refractivity (Wildman–Crippen MR) is 74.9 cm³/mol. The molecule has 104 valence electrons. The summed E-state index contributed by atoms with van der Waals surface area (Å²) in [5, 5.41) is 3.07. The first-order chi connectivity index (χ1) is 9.24. The van der Waals surface area contributed by atoms with E-state index in [1.807, 2.05) is 24.3 Å². The number of carbonyl (C=O) groups is 1. The molecule has 3 N–H and O–H groups in total. The van der Waals surface area contributed by atoms with Crippen molar-refractivity contribution in [3.63, 3.8) is 0 Å². The zero-order chi connectivity index (χ0) is 13.7. The van der Waals surface area contributed by atoms with E-state index in [9.17, 15) is 4.79 Å². The van der Waals surface area contributed by atoms with Crippen molar-refractivity contribution in [1.29, 1.82) is 0 Å². The van der Waals surface area contributed by atoms with E-state index in [0.717, 1.165) is 31.4 Å². The monoisotopic (exact) mass is 262 g/mol. The van der Waals surface area contributed by atoms with E-state index in [-0.39, 0.29) is 18.1 Å². The first kappa shape index (κ1) is 14.0. The Labute approximate surface area is 114 Å². The Morgan fingerprint density at radius 2 is 2.21 bits per heavy atom. The molecule has 2 rings (SSSR count). The van der Waals surface area contributed by atoms with Crippen molar-refractivity contribution in [2.24, 2.45) is 5.73 Å². The molecule has 0 bridgehead atoms. The molecule has 0 spiro atoms. The lowest BCUT2D eigenvalue weighted by atomic mass is 10.0. The lowest BCUT2D eigenvalue weighted by Crippen LogP contribution is -2.42. The van der Waals surface area contributed by atoms with Gasteiger partial charge < -0.3 is 15.8 Å². The van der Waals surface area contributed by atoms with Crippen molar-refractivity contribution in [1.82, 2.24) is 5.32 Å². The second-order valence-electron chi connectivity index (χ2n) is 4.94. The maximum absolute atomic E-state index is 12.2. The molecular weight excluding hydrogens is 240 g/mol. The Kier molecular flexibility index (Phi) is 4.93. The van der Waals surface area contributed by atoms with Gasteiger partial charge in [-0.2, -0.15) is 0 Å². The molecule has 1 aromatic rings. The SMILES string of the molecule is CCC(NC(=O)c1ccc(CN)cc1)C1CCCO1. The van der Waals surface area contributed by atoms with Crippen LogP contribution in [-0.4, -0.2) is 24.7 Å². The van der Waals surface area contributed by atoms with Gasteiger partial charge in [0.1, 0.15) is 0 Å². The molecule has 1 saturated heterocycles. The van der Waals surface area contributed by atoms with Crippen LogP contribution in [0.15, 0.2) is 24.3 Å². The van der Waals surface area contributed by atoms with Gasteiger partial charge in [0.25, 0.3) is 5.91 Å². The van der Waals surface area contributed by atoms with E-state index in [1.54, 1.807) is 0 Å². The zero-order valence-corrected chi connectivity index (χ0v) is 11.4. The maximum Gasteiger partial charge on any atom is 0.251 e. The minimum Gasteiger partial charge on any atom is -0.376 e. The van der Waals surface area contributed by atoms with E-state index in [4.69, 9.17) is 10.5 Å². The summed E-state index contributed by atoms with van der Waals surface area (Å²) in [7, 11) is 0. The van der Waals surface area contributed by atoms with Gasteiger partial charge in [0.2, 0.25) is 0 Å². The van der Waals surface area contributed by atoms with E-state index >= 15 is 0 Å². The number of benzene rings is 1. The summed E-state index contributed by atoms with van der Waals surface area (Å²) in [5.74, 6) is -0.0362. The first-order valence-corrected chi connectivity index (χ1v) is 6.96. The molecule has 4 nitrogen and oxygen atoms in total. The molecule has 0 aromatic heterocycles. The number of carbonyl (C=O) groups excluding carboxylic acids is 1. The van der Waals surface area contributed by atoms with Crippen LogP contribution in [0, 0.1) is 0 Å². The lowest BCUT2D eigenvalue weighted by Gasteiger charge is -2.22. The van der Waals surface area contributed by atoms with Gasteiger partial charge in [-0.25, -0.2) is 0 Å². The lowest BCUT2D eigenvalue weighted by molar-refractivity contribution is 0.0665. The van der Waals surface area contributed by atoms with Crippen molar-refractivity contribution >= 4 is 5.91 Å². The smallest absolute Gasteiger partial charge is 0.251 e. The third kappa shape index (κ3) is 3.55. The fourth-order valence-electron chi connectivity index (χ4n) is 2.42. The van der Waals surface area contributed by atoms with Crippen LogP contribution in [-0.2, 0) is 11.3 Å². The van der Waals surface area contributed by atoms with Gasteiger partial charge in [-0.05, 0) is 37.0 Å². The average Bonchev–Trinajstić information content (AvgIpc) is 2.98. The Morgan fingerprint density at radius 1 is 1.47 bits per heavy atom. The van der Waals surface area contributed by atoms with Gasteiger partial charge in [0, 0.05) is 18.7 Å². The zero-order valence-electron chi connectivity index (χ0n) is 11.4. The molecule has 2 atom stereocenters. The van der Waals surface area contributed by atoms with E-state index in [0.29, 0.717) is 12.1 Å². The predicted octanol–water partition coefficient (Wildman–Crippen LogP) is 1.83. The van der Waals surface area contributed by atoms with Crippen molar-refractivity contribution in [3.05, 3.63) is 35.4 Å². The van der Waals surface area contributed by atoms with Crippen molar-refractivity contribution < 1.29 is 9.53 Å². The molecule has 1 heterocycles. The van der Waals surface area contributed by atoms with Crippen molar-refractivity contribution in [2.45, 2.75) is 44.9 Å². The molecule has 0 radical (unpaired) electrons. The Bertz CT molecular complexity index is 411.